The number of aromatic nitrogens is 3. The van der Waals surface area contributed by atoms with Gasteiger partial charge in [0.2, 0.25) is 0 Å². The minimum Gasteiger partial charge on any atom is -0.494 e. The molecule has 2 aromatic carbocycles. The molecule has 9 heteroatoms. The summed E-state index contributed by atoms with van der Waals surface area (Å²) >= 11 is 1.30. The first-order chi connectivity index (χ1) is 14.0. The number of hydrogen-bond acceptors (Lipinski definition) is 5. The van der Waals surface area contributed by atoms with E-state index in [1.165, 1.54) is 29.5 Å². The fourth-order valence-electron chi connectivity index (χ4n) is 2.80. The predicted molar refractivity (Wildman–Crippen MR) is 108 cm³/mol. The fraction of sp³-hybridized carbons (Fsp3) is 0.150. The van der Waals surface area contributed by atoms with Gasteiger partial charge in [-0.15, -0.1) is 11.3 Å². The minimum absolute atomic E-state index is 0.319. The molecule has 0 atom stereocenters. The Morgan fingerprint density at radius 2 is 2.00 bits per heavy atom. The summed E-state index contributed by atoms with van der Waals surface area (Å²) in [5, 5.41) is 5.02. The van der Waals surface area contributed by atoms with Crippen LogP contribution in [0.2, 0.25) is 0 Å². The average molecular weight is 414 g/mol. The highest BCUT2D eigenvalue weighted by Gasteiger charge is 2.15. The zero-order chi connectivity index (χ0) is 20.4. The highest BCUT2D eigenvalue weighted by molar-refractivity contribution is 7.14. The van der Waals surface area contributed by atoms with Crippen molar-refractivity contribution >= 4 is 33.4 Å². The molecule has 0 fully saturated rings. The molecule has 2 N–H and O–H groups in total. The summed E-state index contributed by atoms with van der Waals surface area (Å²) in [6.45, 7) is 2.52. The quantitative estimate of drug-likeness (QED) is 0.450. The lowest BCUT2D eigenvalue weighted by molar-refractivity contribution is 0.102. The maximum absolute atomic E-state index is 12.8. The van der Waals surface area contributed by atoms with Crippen molar-refractivity contribution < 1.29 is 18.3 Å². The molecule has 6 nitrogen and oxygen atoms in total. The van der Waals surface area contributed by atoms with E-state index in [0.717, 1.165) is 17.0 Å². The Morgan fingerprint density at radius 1 is 1.21 bits per heavy atom. The summed E-state index contributed by atoms with van der Waals surface area (Å²) in [5.74, 6) is -0.0191. The van der Waals surface area contributed by atoms with E-state index in [2.05, 4.69) is 20.3 Å². The minimum atomic E-state index is -2.70. The second kappa shape index (κ2) is 7.96. The van der Waals surface area contributed by atoms with E-state index < -0.39 is 12.2 Å². The fourth-order valence-corrected chi connectivity index (χ4v) is 3.51. The van der Waals surface area contributed by atoms with Gasteiger partial charge in [0.05, 0.1) is 23.3 Å². The number of halogens is 2. The molecule has 29 heavy (non-hydrogen) atoms. The second-order valence-corrected chi connectivity index (χ2v) is 6.96. The van der Waals surface area contributed by atoms with Crippen LogP contribution in [0.3, 0.4) is 0 Å². The summed E-state index contributed by atoms with van der Waals surface area (Å²) < 4.78 is 31.0. The lowest BCUT2D eigenvalue weighted by Crippen LogP contribution is -2.11. The van der Waals surface area contributed by atoms with Gasteiger partial charge in [-0.3, -0.25) is 10.1 Å². The molecule has 148 valence electrons. The van der Waals surface area contributed by atoms with Crippen LogP contribution in [-0.4, -0.2) is 27.5 Å². The standard InChI is InChI=1S/C20H16F2N4O2S/c1-2-28-13-6-3-11(4-7-13)16-10-29-20(25-16)26-19(27)12-5-8-14-15(9-12)24-18(23-14)17(21)22/h3-10,17H,2H2,1H3,(H,23,24)(H,25,26,27). The highest BCUT2D eigenvalue weighted by Crippen LogP contribution is 2.27. The molecule has 0 aliphatic rings. The van der Waals surface area contributed by atoms with Gasteiger partial charge in [-0.05, 0) is 49.4 Å². The number of aromatic amines is 1. The third-order valence-corrected chi connectivity index (χ3v) is 4.91. The Bertz CT molecular complexity index is 1150. The van der Waals surface area contributed by atoms with Gasteiger partial charge in [-0.2, -0.15) is 0 Å². The zero-order valence-electron chi connectivity index (χ0n) is 15.3. The number of anilines is 1. The maximum Gasteiger partial charge on any atom is 0.295 e. The zero-order valence-corrected chi connectivity index (χ0v) is 16.1. The van der Waals surface area contributed by atoms with Crippen molar-refractivity contribution in [1.82, 2.24) is 15.0 Å². The third kappa shape index (κ3) is 4.09. The van der Waals surface area contributed by atoms with Crippen LogP contribution in [0.15, 0.2) is 47.8 Å². The first-order valence-corrected chi connectivity index (χ1v) is 9.69. The molecule has 0 unspecified atom stereocenters. The van der Waals surface area contributed by atoms with Gasteiger partial charge >= 0.3 is 0 Å². The molecule has 0 aliphatic carbocycles. The third-order valence-electron chi connectivity index (χ3n) is 4.15. The Balaban J connectivity index is 1.49. The average Bonchev–Trinajstić information content (AvgIpc) is 3.35. The smallest absolute Gasteiger partial charge is 0.295 e. The largest absolute Gasteiger partial charge is 0.494 e. The number of H-pyrrole nitrogens is 1. The topological polar surface area (TPSA) is 79.9 Å². The predicted octanol–water partition coefficient (Wildman–Crippen LogP) is 5.28. The SMILES string of the molecule is CCOc1ccc(-c2csc(NC(=O)c3ccc4nc(C(F)F)[nH]c4c3)n2)cc1. The van der Waals surface area contributed by atoms with E-state index in [-0.39, 0.29) is 5.91 Å². The number of imidazole rings is 1. The number of carbonyl (C=O) groups excluding carboxylic acids is 1. The number of thiazole rings is 1. The van der Waals surface area contributed by atoms with Crippen molar-refractivity contribution in [2.45, 2.75) is 13.3 Å². The van der Waals surface area contributed by atoms with Crippen molar-refractivity contribution in [2.75, 3.05) is 11.9 Å². The number of nitrogens with one attached hydrogen (secondary N) is 2. The molecule has 0 radical (unpaired) electrons. The van der Waals surface area contributed by atoms with Crippen molar-refractivity contribution in [1.29, 1.82) is 0 Å². The van der Waals surface area contributed by atoms with Crippen molar-refractivity contribution in [3.05, 3.63) is 59.2 Å². The summed E-state index contributed by atoms with van der Waals surface area (Å²) in [6, 6.07) is 12.1. The summed E-state index contributed by atoms with van der Waals surface area (Å²) in [5.41, 5.74) is 2.72. The monoisotopic (exact) mass is 414 g/mol. The maximum atomic E-state index is 12.8. The van der Waals surface area contributed by atoms with Gasteiger partial charge in [-0.1, -0.05) is 0 Å². The van der Waals surface area contributed by atoms with E-state index >= 15 is 0 Å². The van der Waals surface area contributed by atoms with Crippen LogP contribution < -0.4 is 10.1 Å². The molecule has 4 rings (SSSR count). The normalized spacial score (nSPS) is 11.2. The van der Waals surface area contributed by atoms with Crippen molar-refractivity contribution in [2.24, 2.45) is 0 Å². The summed E-state index contributed by atoms with van der Waals surface area (Å²) in [6.07, 6.45) is -2.70. The van der Waals surface area contributed by atoms with E-state index in [1.807, 2.05) is 36.6 Å². The van der Waals surface area contributed by atoms with Gasteiger partial charge in [-0.25, -0.2) is 18.7 Å². The molecule has 0 saturated heterocycles. The van der Waals surface area contributed by atoms with Crippen LogP contribution in [-0.2, 0) is 0 Å². The molecular formula is C20H16F2N4O2S. The van der Waals surface area contributed by atoms with E-state index in [4.69, 9.17) is 4.74 Å². The number of fused-ring (bicyclic) bond motifs is 1. The lowest BCUT2D eigenvalue weighted by Gasteiger charge is -2.03. The summed E-state index contributed by atoms with van der Waals surface area (Å²) in [7, 11) is 0. The number of rotatable bonds is 6. The van der Waals surface area contributed by atoms with E-state index in [1.54, 1.807) is 0 Å². The Hall–Kier alpha value is -3.33. The van der Waals surface area contributed by atoms with Crippen molar-refractivity contribution in [3.8, 4) is 17.0 Å². The van der Waals surface area contributed by atoms with Gasteiger partial charge in [0.15, 0.2) is 11.0 Å². The number of alkyl halides is 2. The first kappa shape index (κ1) is 19.0. The van der Waals surface area contributed by atoms with Crippen LogP contribution in [0.4, 0.5) is 13.9 Å². The number of nitrogens with zero attached hydrogens (tertiary/aromatic N) is 2. The van der Waals surface area contributed by atoms with Crippen LogP contribution in [0.25, 0.3) is 22.3 Å². The number of carbonyl (C=O) groups is 1. The molecule has 0 saturated carbocycles. The molecule has 2 aromatic heterocycles. The van der Waals surface area contributed by atoms with E-state index in [0.29, 0.717) is 28.3 Å². The van der Waals surface area contributed by atoms with Crippen LogP contribution in [0, 0.1) is 0 Å². The Kier molecular flexibility index (Phi) is 5.22. The highest BCUT2D eigenvalue weighted by atomic mass is 32.1. The molecule has 0 bridgehead atoms. The Morgan fingerprint density at radius 3 is 2.72 bits per heavy atom. The molecule has 1 amide bonds. The van der Waals surface area contributed by atoms with Crippen LogP contribution in [0.5, 0.6) is 5.75 Å². The molecule has 0 aliphatic heterocycles. The summed E-state index contributed by atoms with van der Waals surface area (Å²) in [4.78, 5) is 23.3. The molecule has 2 heterocycles. The molecule has 0 spiro atoms. The number of hydrogen-bond donors (Lipinski definition) is 2. The number of amides is 1. The van der Waals surface area contributed by atoms with Crippen molar-refractivity contribution in [3.63, 3.8) is 0 Å². The lowest BCUT2D eigenvalue weighted by atomic mass is 10.2. The van der Waals surface area contributed by atoms with E-state index in [9.17, 15) is 13.6 Å². The Labute approximate surface area is 168 Å². The van der Waals surface area contributed by atoms with Gasteiger partial charge in [0, 0.05) is 16.5 Å². The van der Waals surface area contributed by atoms with Gasteiger partial charge < -0.3 is 9.72 Å². The second-order valence-electron chi connectivity index (χ2n) is 6.10. The molecule has 4 aromatic rings. The number of benzene rings is 2. The molecular weight excluding hydrogens is 398 g/mol. The van der Waals surface area contributed by atoms with Crippen LogP contribution in [0.1, 0.15) is 29.5 Å². The van der Waals surface area contributed by atoms with Gasteiger partial charge in [0.25, 0.3) is 12.3 Å². The first-order valence-electron chi connectivity index (χ1n) is 8.81. The van der Waals surface area contributed by atoms with Gasteiger partial charge in [0.1, 0.15) is 5.75 Å². The number of ether oxygens (including phenoxy) is 1. The van der Waals surface area contributed by atoms with Crippen LogP contribution >= 0.6 is 11.3 Å².